The highest BCUT2D eigenvalue weighted by Gasteiger charge is 2.76. The average molecular weight is 528 g/mol. The third-order valence-electron chi connectivity index (χ3n) is 9.11. The van der Waals surface area contributed by atoms with Crippen molar-refractivity contribution in [1.82, 2.24) is 4.90 Å². The Morgan fingerprint density at radius 1 is 1.13 bits per heavy atom. The van der Waals surface area contributed by atoms with Gasteiger partial charge < -0.3 is 21.7 Å². The molecule has 3 aliphatic carbocycles. The van der Waals surface area contributed by atoms with E-state index >= 15 is 0 Å². The Labute approximate surface area is 221 Å². The maximum atomic E-state index is 14.3. The van der Waals surface area contributed by atoms with Gasteiger partial charge in [-0.25, -0.2) is 0 Å². The van der Waals surface area contributed by atoms with Gasteiger partial charge in [-0.05, 0) is 55.0 Å². The van der Waals surface area contributed by atoms with E-state index in [4.69, 9.17) is 11.5 Å². The second-order valence-corrected chi connectivity index (χ2v) is 13.0. The van der Waals surface area contributed by atoms with Crippen LogP contribution in [0.2, 0.25) is 0 Å². The highest BCUT2D eigenvalue weighted by molar-refractivity contribution is 6.33. The fraction of sp³-hybridized carbons (Fsp3) is 0.607. The number of phenolic OH excluding ortho intramolecular Hbond substituents is 1. The number of aliphatic hydroxyl groups is 1. The van der Waals surface area contributed by atoms with Gasteiger partial charge in [0.1, 0.15) is 5.75 Å². The summed E-state index contributed by atoms with van der Waals surface area (Å²) in [6.07, 6.45) is 0.0954. The van der Waals surface area contributed by atoms with Gasteiger partial charge in [0.15, 0.2) is 34.7 Å². The van der Waals surface area contributed by atoms with Gasteiger partial charge in [0.2, 0.25) is 5.91 Å². The molecule has 1 aromatic carbocycles. The summed E-state index contributed by atoms with van der Waals surface area (Å²) in [5.74, 6) is -8.90. The van der Waals surface area contributed by atoms with Crippen LogP contribution in [0.5, 0.6) is 5.75 Å². The quantitative estimate of drug-likeness (QED) is 0.405. The van der Waals surface area contributed by atoms with E-state index in [0.717, 1.165) is 0 Å². The first-order chi connectivity index (χ1) is 17.3. The number of Topliss-reactive ketones (excluding diaryl/α,β-unsaturated/α-hetero) is 4. The molecule has 1 amide bonds. The van der Waals surface area contributed by atoms with Crippen molar-refractivity contribution in [3.05, 3.63) is 28.3 Å². The lowest BCUT2D eigenvalue weighted by Gasteiger charge is -2.61. The normalized spacial score (nSPS) is 35.2. The first-order valence-corrected chi connectivity index (χ1v) is 12.7. The maximum absolute atomic E-state index is 14.3. The van der Waals surface area contributed by atoms with E-state index in [-0.39, 0.29) is 30.7 Å². The van der Waals surface area contributed by atoms with Crippen LogP contribution in [0.3, 0.4) is 0 Å². The molecule has 10 heteroatoms. The molecule has 0 spiro atoms. The van der Waals surface area contributed by atoms with Crippen LogP contribution < -0.4 is 11.5 Å². The van der Waals surface area contributed by atoms with Crippen LogP contribution in [-0.2, 0) is 37.6 Å². The number of nitrogens with zero attached hydrogens (tertiary/aromatic N) is 1. The Hall–Kier alpha value is -2.95. The number of benzene rings is 1. The molecule has 0 saturated heterocycles. The predicted molar refractivity (Wildman–Crippen MR) is 137 cm³/mol. The third-order valence-corrected chi connectivity index (χ3v) is 9.11. The summed E-state index contributed by atoms with van der Waals surface area (Å²) >= 11 is 0. The summed E-state index contributed by atoms with van der Waals surface area (Å²) in [6.45, 7) is 8.90. The molecule has 1 aromatic rings. The Morgan fingerprint density at radius 3 is 2.18 bits per heavy atom. The lowest BCUT2D eigenvalue weighted by molar-refractivity contribution is -0.203. The number of likely N-dealkylation sites (N-methyl/N-ethyl adjacent to an activating group) is 1. The van der Waals surface area contributed by atoms with Gasteiger partial charge in [0, 0.05) is 17.5 Å². The first-order valence-electron chi connectivity index (χ1n) is 12.7. The summed E-state index contributed by atoms with van der Waals surface area (Å²) < 4.78 is 0. The van der Waals surface area contributed by atoms with Gasteiger partial charge >= 0.3 is 0 Å². The highest BCUT2D eigenvalue weighted by Crippen LogP contribution is 2.62. The number of ketones is 4. The number of rotatable bonds is 3. The number of hydrogen-bond acceptors (Lipinski definition) is 9. The van der Waals surface area contributed by atoms with Crippen molar-refractivity contribution in [3.63, 3.8) is 0 Å². The molecule has 0 aliphatic heterocycles. The average Bonchev–Trinajstić information content (AvgIpc) is 2.75. The molecule has 0 radical (unpaired) electrons. The molecule has 0 aromatic heterocycles. The van der Waals surface area contributed by atoms with Crippen LogP contribution in [0.15, 0.2) is 6.07 Å². The number of primary amides is 1. The van der Waals surface area contributed by atoms with E-state index < -0.39 is 68.8 Å². The Balaban J connectivity index is 2.02. The second-order valence-electron chi connectivity index (χ2n) is 13.0. The number of nitrogens with two attached hydrogens (primary N) is 2. The predicted octanol–water partition coefficient (Wildman–Crippen LogP) is 0.403. The number of phenols is 1. The van der Waals surface area contributed by atoms with Gasteiger partial charge in [-0.15, -0.1) is 0 Å². The summed E-state index contributed by atoms with van der Waals surface area (Å²) in [5.41, 5.74) is 6.97. The molecule has 206 valence electrons. The van der Waals surface area contributed by atoms with Crippen LogP contribution in [0, 0.1) is 22.7 Å². The molecule has 2 saturated carbocycles. The molecule has 2 unspecified atom stereocenters. The number of hydrogen-bond donors (Lipinski definition) is 4. The fourth-order valence-corrected chi connectivity index (χ4v) is 7.61. The summed E-state index contributed by atoms with van der Waals surface area (Å²) in [6, 6.07) is 0.577. The van der Waals surface area contributed by atoms with Gasteiger partial charge in [0.05, 0.1) is 17.5 Å². The Bertz CT molecular complexity index is 1310. The minimum Gasteiger partial charge on any atom is -0.507 e. The van der Waals surface area contributed by atoms with E-state index in [1.807, 2.05) is 20.8 Å². The number of carbonyl (C=O) groups excluding carboxylic acids is 5. The van der Waals surface area contributed by atoms with Crippen molar-refractivity contribution in [2.24, 2.45) is 34.1 Å². The monoisotopic (exact) mass is 527 g/mol. The van der Waals surface area contributed by atoms with Crippen LogP contribution in [0.25, 0.3) is 0 Å². The van der Waals surface area contributed by atoms with Gasteiger partial charge in [-0.1, -0.05) is 34.6 Å². The lowest BCUT2D eigenvalue weighted by atomic mass is 9.42. The van der Waals surface area contributed by atoms with Crippen molar-refractivity contribution in [3.8, 4) is 5.75 Å². The Morgan fingerprint density at radius 2 is 1.71 bits per heavy atom. The maximum Gasteiger partial charge on any atom is 0.235 e. The molecule has 6 N–H and O–H groups in total. The van der Waals surface area contributed by atoms with E-state index in [2.05, 4.69) is 0 Å². The van der Waals surface area contributed by atoms with Gasteiger partial charge in [-0.2, -0.15) is 0 Å². The molecule has 0 bridgehead atoms. The van der Waals surface area contributed by atoms with Crippen LogP contribution in [-0.4, -0.2) is 69.9 Å². The van der Waals surface area contributed by atoms with Crippen molar-refractivity contribution in [1.29, 1.82) is 0 Å². The SMILES string of the molecule is CN(C)[C@@H]1C(=O)C(C(N)=O)C(=O)[C@@]2(O)C(=O)C3C(=O)c4c(O)c(C(C)(C)C)cc(CN)c4C[C@@]3(C)C[C@@]12C. The summed E-state index contributed by atoms with van der Waals surface area (Å²) in [7, 11) is 3.11. The zero-order valence-electron chi connectivity index (χ0n) is 23.0. The standard InChI is InChI=1S/C28H37N3O7/c1-25(2,3)14-8-12(10-29)13-9-26(4)11-27(5)21(31(6)7)20(34)16(24(30)37)22(35)28(27,38)23(36)17(26)19(33)15(13)18(14)32/h8,16-17,21,32,38H,9-11,29H2,1-7H3,(H2,30,37)/t16?,17?,21-,26+,27+,28-/m1/s1. The van der Waals surface area contributed by atoms with Crippen molar-refractivity contribution < 1.29 is 34.2 Å². The van der Waals surface area contributed by atoms with E-state index in [1.54, 1.807) is 27.1 Å². The van der Waals surface area contributed by atoms with Crippen molar-refractivity contribution in [2.75, 3.05) is 14.1 Å². The molecular formula is C28H37N3O7. The minimum absolute atomic E-state index is 0.0316. The summed E-state index contributed by atoms with van der Waals surface area (Å²) in [4.78, 5) is 69.1. The zero-order chi connectivity index (χ0) is 28.9. The van der Waals surface area contributed by atoms with Crippen LogP contribution in [0.4, 0.5) is 0 Å². The lowest BCUT2D eigenvalue weighted by Crippen LogP contribution is -2.79. The molecule has 38 heavy (non-hydrogen) atoms. The smallest absolute Gasteiger partial charge is 0.235 e. The summed E-state index contributed by atoms with van der Waals surface area (Å²) in [5, 5.41) is 23.3. The number of fused-ring (bicyclic) bond motifs is 3. The molecule has 2 fully saturated rings. The second kappa shape index (κ2) is 8.27. The molecule has 3 aliphatic rings. The molecular weight excluding hydrogens is 490 g/mol. The zero-order valence-corrected chi connectivity index (χ0v) is 23.0. The molecule has 10 nitrogen and oxygen atoms in total. The van der Waals surface area contributed by atoms with Crippen molar-refractivity contribution in [2.45, 2.75) is 71.1 Å². The van der Waals surface area contributed by atoms with Crippen molar-refractivity contribution >= 4 is 29.0 Å². The van der Waals surface area contributed by atoms with Gasteiger partial charge in [-0.3, -0.25) is 28.9 Å². The number of carbonyl (C=O) groups is 5. The topological polar surface area (TPSA) is 181 Å². The molecule has 0 heterocycles. The highest BCUT2D eigenvalue weighted by atomic mass is 16.3. The third kappa shape index (κ3) is 3.32. The van der Waals surface area contributed by atoms with Crippen LogP contribution in [0.1, 0.15) is 68.1 Å². The first kappa shape index (κ1) is 28.1. The number of aromatic hydroxyl groups is 1. The van der Waals surface area contributed by atoms with Gasteiger partial charge in [0.25, 0.3) is 0 Å². The molecule has 6 atom stereocenters. The van der Waals surface area contributed by atoms with Crippen LogP contribution >= 0.6 is 0 Å². The van der Waals surface area contributed by atoms with E-state index in [1.165, 1.54) is 11.8 Å². The molecule has 4 rings (SSSR count). The Kier molecular flexibility index (Phi) is 6.11. The number of amides is 1. The van der Waals surface area contributed by atoms with E-state index in [0.29, 0.717) is 16.7 Å². The minimum atomic E-state index is -2.82. The largest absolute Gasteiger partial charge is 0.507 e. The fourth-order valence-electron chi connectivity index (χ4n) is 7.61. The van der Waals surface area contributed by atoms with E-state index in [9.17, 15) is 34.2 Å².